The van der Waals surface area contributed by atoms with Crippen LogP contribution in [0.4, 0.5) is 9.52 Å². The van der Waals surface area contributed by atoms with Crippen LogP contribution in [0.25, 0.3) is 5.65 Å². The number of thioether (sulfide) groups is 1. The molecule has 0 radical (unpaired) electrons. The number of carbonyl (C=O) groups is 1. The molecule has 0 aliphatic rings. The van der Waals surface area contributed by atoms with Crippen LogP contribution in [0, 0.1) is 5.82 Å². The number of methoxy groups -OCH3 is 1. The summed E-state index contributed by atoms with van der Waals surface area (Å²) in [6.45, 7) is 0.544. The van der Waals surface area contributed by atoms with Crippen LogP contribution in [0.2, 0.25) is 0 Å². The van der Waals surface area contributed by atoms with E-state index in [0.717, 1.165) is 15.6 Å². The molecule has 4 rings (SSSR count). The molecule has 3 aromatic heterocycles. The highest BCUT2D eigenvalue weighted by Gasteiger charge is 2.14. The van der Waals surface area contributed by atoms with Gasteiger partial charge in [0.05, 0.1) is 12.8 Å². The summed E-state index contributed by atoms with van der Waals surface area (Å²) >= 11 is 2.96. The van der Waals surface area contributed by atoms with E-state index < -0.39 is 5.97 Å². The van der Waals surface area contributed by atoms with Crippen molar-refractivity contribution in [2.45, 2.75) is 16.6 Å². The highest BCUT2D eigenvalue weighted by atomic mass is 32.2. The number of nitrogens with zero attached hydrogens (tertiary/aromatic N) is 4. The van der Waals surface area contributed by atoms with E-state index in [2.05, 4.69) is 20.5 Å². The third-order valence-electron chi connectivity index (χ3n) is 4.04. The average Bonchev–Trinajstić information content (AvgIpc) is 3.37. The molecule has 0 saturated heterocycles. The molecule has 0 aliphatic heterocycles. The summed E-state index contributed by atoms with van der Waals surface area (Å²) in [7, 11) is 1.35. The van der Waals surface area contributed by atoms with Crippen molar-refractivity contribution in [3.05, 3.63) is 71.4 Å². The first-order chi connectivity index (χ1) is 14.1. The first kappa shape index (κ1) is 19.3. The molecule has 3 heterocycles. The second-order valence-corrected chi connectivity index (χ2v) is 8.22. The number of halogens is 1. The van der Waals surface area contributed by atoms with Gasteiger partial charge in [0.15, 0.2) is 9.99 Å². The summed E-state index contributed by atoms with van der Waals surface area (Å²) in [5.74, 6) is -0.0788. The molecule has 0 fully saturated rings. The summed E-state index contributed by atoms with van der Waals surface area (Å²) in [5, 5.41) is 12.2. The predicted octanol–water partition coefficient (Wildman–Crippen LogP) is 4.02. The van der Waals surface area contributed by atoms with E-state index in [9.17, 15) is 9.18 Å². The van der Waals surface area contributed by atoms with Crippen LogP contribution in [0.5, 0.6) is 0 Å². The second kappa shape index (κ2) is 8.58. The summed E-state index contributed by atoms with van der Waals surface area (Å²) in [6, 6.07) is 9.78. The van der Waals surface area contributed by atoms with Crippen LogP contribution < -0.4 is 5.32 Å². The number of nitrogens with one attached hydrogen (secondary N) is 1. The number of carbonyl (C=O) groups excluding carboxylic acids is 1. The molecule has 0 aliphatic carbocycles. The first-order valence-corrected chi connectivity index (χ1v) is 10.4. The molecule has 1 N–H and O–H groups in total. The number of rotatable bonds is 7. The van der Waals surface area contributed by atoms with Crippen molar-refractivity contribution in [2.24, 2.45) is 0 Å². The van der Waals surface area contributed by atoms with Gasteiger partial charge >= 0.3 is 5.97 Å². The van der Waals surface area contributed by atoms with E-state index in [4.69, 9.17) is 4.74 Å². The zero-order chi connectivity index (χ0) is 20.2. The lowest BCUT2D eigenvalue weighted by Gasteiger charge is -2.01. The Morgan fingerprint density at radius 2 is 2.10 bits per heavy atom. The predicted molar refractivity (Wildman–Crippen MR) is 110 cm³/mol. The lowest BCUT2D eigenvalue weighted by molar-refractivity contribution is 0.0602. The lowest BCUT2D eigenvalue weighted by Crippen LogP contribution is -2.03. The molecule has 0 spiro atoms. The molecule has 0 saturated carbocycles. The van der Waals surface area contributed by atoms with Gasteiger partial charge in [-0.15, -0.1) is 10.2 Å². The second-order valence-electron chi connectivity index (χ2n) is 6.02. The number of anilines is 1. The molecule has 10 heteroatoms. The number of fused-ring (bicyclic) bond motifs is 1. The standard InChI is InChI=1S/C19H16FN5O2S2/c1-27-17(26)15-3-2-8-25-10-14(22-16(15)25)11-28-19-24-23-18(29-19)21-9-12-4-6-13(20)7-5-12/h2-8,10H,9,11H2,1H3,(H,21,23). The third kappa shape index (κ3) is 4.54. The van der Waals surface area contributed by atoms with Crippen LogP contribution in [0.15, 0.2) is 53.1 Å². The van der Waals surface area contributed by atoms with Crippen LogP contribution in [0.3, 0.4) is 0 Å². The van der Waals surface area contributed by atoms with E-state index >= 15 is 0 Å². The van der Waals surface area contributed by atoms with Crippen LogP contribution in [0.1, 0.15) is 21.6 Å². The minimum atomic E-state index is -0.415. The zero-order valence-corrected chi connectivity index (χ0v) is 17.0. The number of ether oxygens (including phenoxy) is 1. The van der Waals surface area contributed by atoms with Gasteiger partial charge in [-0.3, -0.25) is 0 Å². The van der Waals surface area contributed by atoms with Gasteiger partial charge in [-0.1, -0.05) is 35.2 Å². The van der Waals surface area contributed by atoms with Crippen molar-refractivity contribution in [3.8, 4) is 0 Å². The van der Waals surface area contributed by atoms with Gasteiger partial charge in [-0.2, -0.15) is 0 Å². The largest absolute Gasteiger partial charge is 0.465 e. The molecule has 0 bridgehead atoms. The van der Waals surface area contributed by atoms with Crippen molar-refractivity contribution >= 4 is 39.8 Å². The van der Waals surface area contributed by atoms with Gasteiger partial charge in [0.25, 0.3) is 0 Å². The van der Waals surface area contributed by atoms with Crippen LogP contribution in [-0.4, -0.2) is 32.7 Å². The molecule has 1 aromatic carbocycles. The highest BCUT2D eigenvalue weighted by Crippen LogP contribution is 2.28. The first-order valence-electron chi connectivity index (χ1n) is 8.62. The maximum atomic E-state index is 13.0. The smallest absolute Gasteiger partial charge is 0.341 e. The van der Waals surface area contributed by atoms with Gasteiger partial charge in [0, 0.05) is 24.7 Å². The summed E-state index contributed by atoms with van der Waals surface area (Å²) in [6.07, 6.45) is 3.72. The third-order valence-corrected chi connectivity index (χ3v) is 6.09. The molecule has 4 aromatic rings. The topological polar surface area (TPSA) is 81.4 Å². The van der Waals surface area contributed by atoms with Crippen molar-refractivity contribution in [3.63, 3.8) is 0 Å². The van der Waals surface area contributed by atoms with Crippen LogP contribution >= 0.6 is 23.1 Å². The molecule has 148 valence electrons. The van der Waals surface area contributed by atoms with Gasteiger partial charge in [-0.25, -0.2) is 14.2 Å². The van der Waals surface area contributed by atoms with Crippen molar-refractivity contribution < 1.29 is 13.9 Å². The number of pyridine rings is 1. The van der Waals surface area contributed by atoms with E-state index in [0.29, 0.717) is 28.6 Å². The minimum Gasteiger partial charge on any atom is -0.465 e. The number of imidazole rings is 1. The Bertz CT molecular complexity index is 1140. The summed E-state index contributed by atoms with van der Waals surface area (Å²) < 4.78 is 20.4. The highest BCUT2D eigenvalue weighted by molar-refractivity contribution is 8.00. The monoisotopic (exact) mass is 429 g/mol. The van der Waals surface area contributed by atoms with E-state index in [1.807, 2.05) is 12.4 Å². The molecule has 0 unspecified atom stereocenters. The molecule has 0 atom stereocenters. The summed E-state index contributed by atoms with van der Waals surface area (Å²) in [5.41, 5.74) is 2.77. The lowest BCUT2D eigenvalue weighted by atomic mass is 10.2. The van der Waals surface area contributed by atoms with Gasteiger partial charge < -0.3 is 14.5 Å². The minimum absolute atomic E-state index is 0.256. The number of aromatic nitrogens is 4. The fraction of sp³-hybridized carbons (Fsp3) is 0.158. The van der Waals surface area contributed by atoms with Gasteiger partial charge in [0.2, 0.25) is 5.13 Å². The Morgan fingerprint density at radius 3 is 2.90 bits per heavy atom. The molecule has 0 amide bonds. The molecule has 7 nitrogen and oxygen atoms in total. The fourth-order valence-electron chi connectivity index (χ4n) is 2.66. The Labute approximate surface area is 174 Å². The zero-order valence-electron chi connectivity index (χ0n) is 15.3. The summed E-state index contributed by atoms with van der Waals surface area (Å²) in [4.78, 5) is 16.4. The number of benzene rings is 1. The van der Waals surface area contributed by atoms with E-state index in [1.165, 1.54) is 42.3 Å². The quantitative estimate of drug-likeness (QED) is 0.351. The Balaban J connectivity index is 1.38. The maximum absolute atomic E-state index is 13.0. The van der Waals surface area contributed by atoms with Gasteiger partial charge in [0.1, 0.15) is 11.4 Å². The van der Waals surface area contributed by atoms with Gasteiger partial charge in [-0.05, 0) is 29.8 Å². The van der Waals surface area contributed by atoms with E-state index in [1.54, 1.807) is 28.7 Å². The van der Waals surface area contributed by atoms with Crippen molar-refractivity contribution in [2.75, 3.05) is 12.4 Å². The fourth-order valence-corrected chi connectivity index (χ4v) is 4.29. The number of hydrogen-bond donors (Lipinski definition) is 1. The number of esters is 1. The molecular formula is C19H16FN5O2S2. The molecular weight excluding hydrogens is 413 g/mol. The maximum Gasteiger partial charge on any atom is 0.341 e. The Morgan fingerprint density at radius 1 is 1.28 bits per heavy atom. The average molecular weight is 430 g/mol. The normalized spacial score (nSPS) is 11.0. The number of hydrogen-bond acceptors (Lipinski definition) is 8. The Kier molecular flexibility index (Phi) is 5.72. The van der Waals surface area contributed by atoms with Crippen molar-refractivity contribution in [1.82, 2.24) is 19.6 Å². The van der Waals surface area contributed by atoms with Crippen LogP contribution in [-0.2, 0) is 17.0 Å². The Hall–Kier alpha value is -2.98. The molecule has 29 heavy (non-hydrogen) atoms. The SMILES string of the molecule is COC(=O)c1cccn2cc(CSc3nnc(NCc4ccc(F)cc4)s3)nc12. The van der Waals surface area contributed by atoms with E-state index in [-0.39, 0.29) is 5.82 Å². The van der Waals surface area contributed by atoms with Crippen molar-refractivity contribution in [1.29, 1.82) is 0 Å².